The van der Waals surface area contributed by atoms with Crippen LogP contribution in [-0.4, -0.2) is 35.2 Å². The number of aromatic nitrogens is 1. The molecule has 1 amide bonds. The zero-order chi connectivity index (χ0) is 16.1. The third-order valence-corrected chi connectivity index (χ3v) is 4.61. The number of thiazole rings is 1. The van der Waals surface area contributed by atoms with Crippen LogP contribution in [0, 0.1) is 9.87 Å². The molecule has 0 saturated carbocycles. The van der Waals surface area contributed by atoms with Crippen molar-refractivity contribution in [3.8, 4) is 0 Å². The lowest BCUT2D eigenvalue weighted by Crippen LogP contribution is -2.43. The van der Waals surface area contributed by atoms with E-state index >= 15 is 0 Å². The molecule has 1 aromatic heterocycles. The Hall–Kier alpha value is -1.40. The maximum Gasteiger partial charge on any atom is 0.410 e. The first-order valence-corrected chi connectivity index (χ1v) is 8.73. The Morgan fingerprint density at radius 2 is 2.45 bits per heavy atom. The number of nitrogens with zero attached hydrogens (tertiary/aromatic N) is 1. The second kappa shape index (κ2) is 7.74. The van der Waals surface area contributed by atoms with E-state index in [4.69, 9.17) is 17.0 Å². The lowest BCUT2D eigenvalue weighted by atomic mass is 9.94. The molecule has 1 atom stereocenters. The molecule has 1 aliphatic heterocycles. The molecule has 0 bridgehead atoms. The molecular weight excluding hydrogens is 316 g/mol. The molecule has 0 saturated heterocycles. The third-order valence-electron chi connectivity index (χ3n) is 3.55. The molecule has 0 fully saturated rings. The van der Waals surface area contributed by atoms with E-state index in [0.29, 0.717) is 12.5 Å². The van der Waals surface area contributed by atoms with Crippen molar-refractivity contribution in [1.82, 2.24) is 9.88 Å². The number of carbonyl (C=O) groups is 1. The number of hydrogen-bond donors (Lipinski definition) is 1. The summed E-state index contributed by atoms with van der Waals surface area (Å²) < 4.78 is 5.99. The molecule has 2 heterocycles. The van der Waals surface area contributed by atoms with Crippen molar-refractivity contribution >= 4 is 35.2 Å². The van der Waals surface area contributed by atoms with Gasteiger partial charge in [-0.15, -0.1) is 11.3 Å². The van der Waals surface area contributed by atoms with Crippen molar-refractivity contribution in [1.29, 1.82) is 0 Å². The maximum absolute atomic E-state index is 12.2. The predicted molar refractivity (Wildman–Crippen MR) is 93.6 cm³/mol. The van der Waals surface area contributed by atoms with Crippen LogP contribution in [-0.2, 0) is 4.74 Å². The first kappa shape index (κ1) is 17.0. The standard InChI is InChI=1S/C16H22N2O2S2/c1-4-7-20-16(19)18-6-5-12(9-13(18)8-11(2)3)14-10-22-15(21)17-14/h4,9-11,13H,1,5-8H2,2-3H3,(H,17,21)/t13-/m0/s1. The van der Waals surface area contributed by atoms with Gasteiger partial charge in [-0.3, -0.25) is 0 Å². The van der Waals surface area contributed by atoms with Gasteiger partial charge in [-0.25, -0.2) is 4.79 Å². The Balaban J connectivity index is 2.20. The molecule has 0 unspecified atom stereocenters. The van der Waals surface area contributed by atoms with Gasteiger partial charge in [0.15, 0.2) is 3.95 Å². The van der Waals surface area contributed by atoms with Crippen LogP contribution < -0.4 is 0 Å². The van der Waals surface area contributed by atoms with Crippen LogP contribution in [0.5, 0.6) is 0 Å². The number of nitrogens with one attached hydrogen (secondary N) is 1. The van der Waals surface area contributed by atoms with Gasteiger partial charge < -0.3 is 14.6 Å². The van der Waals surface area contributed by atoms with E-state index in [9.17, 15) is 4.79 Å². The molecule has 120 valence electrons. The van der Waals surface area contributed by atoms with Gasteiger partial charge in [0, 0.05) is 11.9 Å². The average Bonchev–Trinajstić information content (AvgIpc) is 2.90. The highest BCUT2D eigenvalue weighted by atomic mass is 32.1. The lowest BCUT2D eigenvalue weighted by molar-refractivity contribution is 0.0978. The maximum atomic E-state index is 12.2. The summed E-state index contributed by atoms with van der Waals surface area (Å²) in [5.41, 5.74) is 2.30. The van der Waals surface area contributed by atoms with Crippen LogP contribution in [0.1, 0.15) is 32.4 Å². The highest BCUT2D eigenvalue weighted by Gasteiger charge is 2.28. The second-order valence-electron chi connectivity index (χ2n) is 5.76. The van der Waals surface area contributed by atoms with E-state index in [1.807, 2.05) is 10.3 Å². The molecule has 0 spiro atoms. The molecular formula is C16H22N2O2S2. The summed E-state index contributed by atoms with van der Waals surface area (Å²) in [6, 6.07) is 0.0583. The first-order chi connectivity index (χ1) is 10.5. The smallest absolute Gasteiger partial charge is 0.410 e. The van der Waals surface area contributed by atoms with E-state index in [-0.39, 0.29) is 18.7 Å². The Morgan fingerprint density at radius 3 is 3.05 bits per heavy atom. The molecule has 0 radical (unpaired) electrons. The molecule has 6 heteroatoms. The predicted octanol–water partition coefficient (Wildman–Crippen LogP) is 4.63. The van der Waals surface area contributed by atoms with Gasteiger partial charge in [0.25, 0.3) is 0 Å². The normalized spacial score (nSPS) is 18.2. The monoisotopic (exact) mass is 338 g/mol. The highest BCUT2D eigenvalue weighted by Crippen LogP contribution is 2.28. The molecule has 0 aliphatic carbocycles. The molecule has 4 nitrogen and oxygen atoms in total. The fraction of sp³-hybridized carbons (Fsp3) is 0.500. The number of amides is 1. The van der Waals surface area contributed by atoms with E-state index in [1.54, 1.807) is 6.08 Å². The fourth-order valence-electron chi connectivity index (χ4n) is 2.59. The third kappa shape index (κ3) is 4.30. The largest absolute Gasteiger partial charge is 0.445 e. The van der Waals surface area contributed by atoms with E-state index in [0.717, 1.165) is 22.5 Å². The number of hydrogen-bond acceptors (Lipinski definition) is 4. The van der Waals surface area contributed by atoms with Crippen molar-refractivity contribution in [2.45, 2.75) is 32.7 Å². The van der Waals surface area contributed by atoms with E-state index in [1.165, 1.54) is 16.9 Å². The Labute approximate surface area is 140 Å². The van der Waals surface area contributed by atoms with E-state index < -0.39 is 0 Å². The van der Waals surface area contributed by atoms with Gasteiger partial charge in [-0.1, -0.05) is 32.6 Å². The zero-order valence-electron chi connectivity index (χ0n) is 13.0. The molecule has 1 N–H and O–H groups in total. The number of rotatable bonds is 5. The van der Waals surface area contributed by atoms with Crippen molar-refractivity contribution in [3.63, 3.8) is 0 Å². The minimum Gasteiger partial charge on any atom is -0.445 e. The Morgan fingerprint density at radius 1 is 1.68 bits per heavy atom. The Bertz CT molecular complexity index is 616. The van der Waals surface area contributed by atoms with Gasteiger partial charge in [0.1, 0.15) is 6.61 Å². The van der Waals surface area contributed by atoms with Crippen LogP contribution in [0.2, 0.25) is 0 Å². The van der Waals surface area contributed by atoms with E-state index in [2.05, 4.69) is 31.5 Å². The summed E-state index contributed by atoms with van der Waals surface area (Å²) >= 11 is 6.69. The molecule has 2 rings (SSSR count). The van der Waals surface area contributed by atoms with Crippen molar-refractivity contribution in [2.24, 2.45) is 5.92 Å². The number of ether oxygens (including phenoxy) is 1. The van der Waals surface area contributed by atoms with Crippen molar-refractivity contribution in [2.75, 3.05) is 13.2 Å². The van der Waals surface area contributed by atoms with Gasteiger partial charge in [-0.2, -0.15) is 0 Å². The summed E-state index contributed by atoms with van der Waals surface area (Å²) in [7, 11) is 0. The topological polar surface area (TPSA) is 45.3 Å². The van der Waals surface area contributed by atoms with Crippen molar-refractivity contribution < 1.29 is 9.53 Å². The second-order valence-corrected chi connectivity index (χ2v) is 7.31. The van der Waals surface area contributed by atoms with Crippen LogP contribution in [0.15, 0.2) is 24.1 Å². The number of carbonyl (C=O) groups excluding carboxylic acids is 1. The SMILES string of the molecule is C=CCOC(=O)N1CCC(c2csc(=S)[nH]2)=C[C@@H]1CC(C)C. The average molecular weight is 338 g/mol. The fourth-order valence-corrected chi connectivity index (χ4v) is 3.45. The van der Waals surface area contributed by atoms with Crippen LogP contribution in [0.4, 0.5) is 4.79 Å². The summed E-state index contributed by atoms with van der Waals surface area (Å²) in [4.78, 5) is 17.2. The first-order valence-electron chi connectivity index (χ1n) is 7.44. The molecule has 1 aliphatic rings. The Kier molecular flexibility index (Phi) is 5.97. The minimum atomic E-state index is -0.265. The molecule has 1 aromatic rings. The zero-order valence-corrected chi connectivity index (χ0v) is 14.6. The van der Waals surface area contributed by atoms with Gasteiger partial charge >= 0.3 is 6.09 Å². The van der Waals surface area contributed by atoms with Gasteiger partial charge in [0.2, 0.25) is 0 Å². The lowest BCUT2D eigenvalue weighted by Gasteiger charge is -2.34. The number of aromatic amines is 1. The van der Waals surface area contributed by atoms with Crippen LogP contribution >= 0.6 is 23.6 Å². The molecule has 0 aromatic carbocycles. The van der Waals surface area contributed by atoms with Crippen molar-refractivity contribution in [3.05, 3.63) is 33.8 Å². The summed E-state index contributed by atoms with van der Waals surface area (Å²) in [6.07, 6.45) is 5.22. The summed E-state index contributed by atoms with van der Waals surface area (Å²) in [5, 5.41) is 2.05. The van der Waals surface area contributed by atoms with Crippen LogP contribution in [0.3, 0.4) is 0 Å². The highest BCUT2D eigenvalue weighted by molar-refractivity contribution is 7.73. The van der Waals surface area contributed by atoms with Gasteiger partial charge in [0.05, 0.1) is 11.7 Å². The summed E-state index contributed by atoms with van der Waals surface area (Å²) in [5.74, 6) is 0.497. The molecule has 22 heavy (non-hydrogen) atoms. The van der Waals surface area contributed by atoms with Crippen LogP contribution in [0.25, 0.3) is 5.57 Å². The minimum absolute atomic E-state index is 0.0583. The quantitative estimate of drug-likeness (QED) is 0.629. The summed E-state index contributed by atoms with van der Waals surface area (Å²) in [6.45, 7) is 8.81. The van der Waals surface area contributed by atoms with Gasteiger partial charge in [-0.05, 0) is 36.6 Å². The number of H-pyrrole nitrogens is 1.